The van der Waals surface area contributed by atoms with E-state index in [1.165, 1.54) is 5.57 Å². The van der Waals surface area contributed by atoms with Crippen molar-refractivity contribution in [3.63, 3.8) is 0 Å². The third-order valence-electron chi connectivity index (χ3n) is 1.32. The molecule has 0 rings (SSSR count). The number of nitrogens with zero attached hydrogens (tertiary/aromatic N) is 1. The molecular formula is C8H13N. The van der Waals surface area contributed by atoms with Gasteiger partial charge in [-0.1, -0.05) is 19.1 Å². The van der Waals surface area contributed by atoms with Gasteiger partial charge < -0.3 is 0 Å². The van der Waals surface area contributed by atoms with Gasteiger partial charge in [-0.05, 0) is 19.3 Å². The fourth-order valence-corrected chi connectivity index (χ4v) is 0.594. The lowest BCUT2D eigenvalue weighted by Crippen LogP contribution is -1.77. The smallest absolute Gasteiger partial charge is 0.0621 e. The van der Waals surface area contributed by atoms with Crippen LogP contribution >= 0.6 is 0 Å². The van der Waals surface area contributed by atoms with Crippen LogP contribution in [0.3, 0.4) is 0 Å². The van der Waals surface area contributed by atoms with Crippen LogP contribution in [0.2, 0.25) is 0 Å². The zero-order valence-electron chi connectivity index (χ0n) is 5.98. The Morgan fingerprint density at radius 2 is 2.33 bits per heavy atom. The second-order valence-corrected chi connectivity index (χ2v) is 2.12. The quantitative estimate of drug-likeness (QED) is 0.416. The number of nitriles is 1. The van der Waals surface area contributed by atoms with Crippen molar-refractivity contribution in [2.45, 2.75) is 32.6 Å². The third-order valence-corrected chi connectivity index (χ3v) is 1.32. The maximum atomic E-state index is 8.17. The largest absolute Gasteiger partial charge is 0.198 e. The van der Waals surface area contributed by atoms with E-state index in [1.807, 2.05) is 0 Å². The van der Waals surface area contributed by atoms with Crippen LogP contribution < -0.4 is 0 Å². The summed E-state index contributed by atoms with van der Waals surface area (Å²) in [7, 11) is 0. The molecule has 0 N–H and O–H groups in total. The Bertz CT molecular complexity index is 119. The average molecular weight is 123 g/mol. The van der Waals surface area contributed by atoms with Gasteiger partial charge in [0, 0.05) is 6.42 Å². The van der Waals surface area contributed by atoms with Gasteiger partial charge in [-0.25, -0.2) is 0 Å². The molecule has 1 heteroatoms. The van der Waals surface area contributed by atoms with E-state index >= 15 is 0 Å². The highest BCUT2D eigenvalue weighted by atomic mass is 14.2. The van der Waals surface area contributed by atoms with Gasteiger partial charge in [-0.2, -0.15) is 5.26 Å². The molecule has 0 saturated heterocycles. The first-order chi connectivity index (χ1) is 4.31. The normalized spacial score (nSPS) is 8.44. The fourth-order valence-electron chi connectivity index (χ4n) is 0.594. The van der Waals surface area contributed by atoms with E-state index in [0.29, 0.717) is 6.42 Å². The Hall–Kier alpha value is -0.770. The minimum Gasteiger partial charge on any atom is -0.198 e. The molecule has 0 atom stereocenters. The zero-order chi connectivity index (χ0) is 7.11. The Morgan fingerprint density at radius 1 is 1.67 bits per heavy atom. The molecule has 9 heavy (non-hydrogen) atoms. The number of hydrogen-bond acceptors (Lipinski definition) is 1. The molecule has 0 spiro atoms. The highest BCUT2D eigenvalue weighted by Crippen LogP contribution is 2.06. The molecule has 0 bridgehead atoms. The molecule has 0 radical (unpaired) electrons. The van der Waals surface area contributed by atoms with Crippen LogP contribution in [-0.4, -0.2) is 0 Å². The van der Waals surface area contributed by atoms with E-state index in [1.54, 1.807) is 0 Å². The Balaban J connectivity index is 3.09. The molecule has 0 aliphatic rings. The molecule has 0 saturated carbocycles. The molecule has 50 valence electrons. The summed E-state index contributed by atoms with van der Waals surface area (Å²) < 4.78 is 0. The molecular weight excluding hydrogens is 110 g/mol. The molecule has 0 aliphatic carbocycles. The maximum Gasteiger partial charge on any atom is 0.0621 e. The Kier molecular flexibility index (Phi) is 4.91. The molecule has 0 aliphatic heterocycles. The topological polar surface area (TPSA) is 23.8 Å². The minimum atomic E-state index is 0.666. The lowest BCUT2D eigenvalue weighted by molar-refractivity contribution is 0.813. The summed E-state index contributed by atoms with van der Waals surface area (Å²) in [6.45, 7) is 5.93. The van der Waals surface area contributed by atoms with Gasteiger partial charge in [0.1, 0.15) is 0 Å². The summed E-state index contributed by atoms with van der Waals surface area (Å²) >= 11 is 0. The van der Waals surface area contributed by atoms with E-state index in [9.17, 15) is 0 Å². The molecule has 0 aromatic heterocycles. The van der Waals surface area contributed by atoms with Gasteiger partial charge in [0.15, 0.2) is 0 Å². The van der Waals surface area contributed by atoms with Crippen molar-refractivity contribution in [3.8, 4) is 6.07 Å². The van der Waals surface area contributed by atoms with E-state index in [0.717, 1.165) is 19.3 Å². The van der Waals surface area contributed by atoms with Crippen LogP contribution in [0.15, 0.2) is 12.2 Å². The van der Waals surface area contributed by atoms with Gasteiger partial charge in [-0.3, -0.25) is 0 Å². The second-order valence-electron chi connectivity index (χ2n) is 2.12. The molecule has 0 aromatic rings. The van der Waals surface area contributed by atoms with Crippen LogP contribution in [-0.2, 0) is 0 Å². The van der Waals surface area contributed by atoms with E-state index in [4.69, 9.17) is 5.26 Å². The predicted molar refractivity (Wildman–Crippen MR) is 38.9 cm³/mol. The molecule has 0 aromatic carbocycles. The zero-order valence-corrected chi connectivity index (χ0v) is 5.98. The van der Waals surface area contributed by atoms with Gasteiger partial charge in [0.05, 0.1) is 6.07 Å². The number of unbranched alkanes of at least 4 members (excludes halogenated alkanes) is 1. The summed E-state index contributed by atoms with van der Waals surface area (Å²) in [5, 5.41) is 8.17. The summed E-state index contributed by atoms with van der Waals surface area (Å²) in [6.07, 6.45) is 3.71. The number of allylic oxidation sites excluding steroid dienone is 1. The molecule has 0 amide bonds. The standard InChI is InChI=1S/C8H13N/c1-3-8(2)6-4-5-7-9/h2-6H2,1H3. The van der Waals surface area contributed by atoms with Gasteiger partial charge in [0.2, 0.25) is 0 Å². The van der Waals surface area contributed by atoms with Gasteiger partial charge in [0.25, 0.3) is 0 Å². The molecule has 0 fully saturated rings. The maximum absolute atomic E-state index is 8.17. The summed E-state index contributed by atoms with van der Waals surface area (Å²) in [4.78, 5) is 0. The van der Waals surface area contributed by atoms with Crippen molar-refractivity contribution in [2.75, 3.05) is 0 Å². The molecule has 0 unspecified atom stereocenters. The van der Waals surface area contributed by atoms with Crippen molar-refractivity contribution in [3.05, 3.63) is 12.2 Å². The first-order valence-electron chi connectivity index (χ1n) is 3.34. The monoisotopic (exact) mass is 123 g/mol. The first-order valence-corrected chi connectivity index (χ1v) is 3.34. The number of hydrogen-bond donors (Lipinski definition) is 0. The molecule has 1 nitrogen and oxygen atoms in total. The van der Waals surface area contributed by atoms with Gasteiger partial charge in [-0.15, -0.1) is 0 Å². The summed E-state index contributed by atoms with van der Waals surface area (Å²) in [5.41, 5.74) is 1.25. The SMILES string of the molecule is C=C(CC)CCCC#N. The van der Waals surface area contributed by atoms with E-state index < -0.39 is 0 Å². The van der Waals surface area contributed by atoms with Crippen LogP contribution in [0.4, 0.5) is 0 Å². The average Bonchev–Trinajstić information content (AvgIpc) is 1.89. The third kappa shape index (κ3) is 5.10. The predicted octanol–water partition coefficient (Wildman–Crippen LogP) is 2.65. The summed E-state index contributed by atoms with van der Waals surface area (Å²) in [6, 6.07) is 2.11. The molecule has 0 heterocycles. The van der Waals surface area contributed by atoms with Crippen molar-refractivity contribution >= 4 is 0 Å². The van der Waals surface area contributed by atoms with Crippen molar-refractivity contribution in [1.82, 2.24) is 0 Å². The second kappa shape index (κ2) is 5.37. The van der Waals surface area contributed by atoms with Crippen LogP contribution in [0.1, 0.15) is 32.6 Å². The first kappa shape index (κ1) is 8.23. The summed E-state index contributed by atoms with van der Waals surface area (Å²) in [5.74, 6) is 0. The van der Waals surface area contributed by atoms with Crippen LogP contribution in [0, 0.1) is 11.3 Å². The van der Waals surface area contributed by atoms with Crippen LogP contribution in [0.25, 0.3) is 0 Å². The highest BCUT2D eigenvalue weighted by Gasteiger charge is 1.88. The van der Waals surface area contributed by atoms with E-state index in [-0.39, 0.29) is 0 Å². The number of rotatable bonds is 4. The fraction of sp³-hybridized carbons (Fsp3) is 0.625. The minimum absolute atomic E-state index is 0.666. The lowest BCUT2D eigenvalue weighted by atomic mass is 10.1. The van der Waals surface area contributed by atoms with Crippen molar-refractivity contribution in [2.24, 2.45) is 0 Å². The Morgan fingerprint density at radius 3 is 2.78 bits per heavy atom. The van der Waals surface area contributed by atoms with Gasteiger partial charge >= 0.3 is 0 Å². The van der Waals surface area contributed by atoms with E-state index in [2.05, 4.69) is 19.6 Å². The Labute approximate surface area is 57.0 Å². The highest BCUT2D eigenvalue weighted by molar-refractivity contribution is 4.92. The lowest BCUT2D eigenvalue weighted by Gasteiger charge is -1.96. The van der Waals surface area contributed by atoms with Crippen LogP contribution in [0.5, 0.6) is 0 Å². The van der Waals surface area contributed by atoms with Crippen molar-refractivity contribution in [1.29, 1.82) is 5.26 Å². The van der Waals surface area contributed by atoms with Crippen molar-refractivity contribution < 1.29 is 0 Å².